The van der Waals surface area contributed by atoms with Crippen molar-refractivity contribution in [3.8, 4) is 44.8 Å². The van der Waals surface area contributed by atoms with Crippen LogP contribution in [0.3, 0.4) is 0 Å². The molecule has 18 rings (SSSR count). The highest BCUT2D eigenvalue weighted by molar-refractivity contribution is 9.10. The summed E-state index contributed by atoms with van der Waals surface area (Å²) in [5.41, 5.74) is 27.4. The molecule has 2 aliphatic carbocycles. The van der Waals surface area contributed by atoms with Gasteiger partial charge >= 0.3 is 7.12 Å². The summed E-state index contributed by atoms with van der Waals surface area (Å²) in [6.45, 7) is 9.42. The molecule has 2 aromatic heterocycles. The summed E-state index contributed by atoms with van der Waals surface area (Å²) >= 11 is 3.66. The number of halogens is 1. The van der Waals surface area contributed by atoms with Gasteiger partial charge in [0.2, 0.25) is 0 Å². The number of anilines is 6. The van der Waals surface area contributed by atoms with E-state index in [1.807, 2.05) is 72.8 Å². The van der Waals surface area contributed by atoms with Crippen LogP contribution in [-0.4, -0.2) is 26.3 Å². The summed E-state index contributed by atoms with van der Waals surface area (Å²) < 4.78 is 5.96. The van der Waals surface area contributed by atoms with Gasteiger partial charge in [0.1, 0.15) is 0 Å². The summed E-state index contributed by atoms with van der Waals surface area (Å²) in [6.07, 6.45) is 0. The van der Waals surface area contributed by atoms with Crippen LogP contribution in [0.25, 0.3) is 88.4 Å². The molecule has 8 heteroatoms. The molecule has 2 aliphatic rings. The number of nitrogens with zero attached hydrogens (tertiary/aromatic N) is 4. The molecule has 0 fully saturated rings. The number of hydrogen-bond acceptors (Lipinski definition) is 4. The fourth-order valence-corrected chi connectivity index (χ4v) is 15.5. The van der Waals surface area contributed by atoms with Gasteiger partial charge in [-0.1, -0.05) is 259 Å². The predicted molar refractivity (Wildman–Crippen MR) is 429 cm³/mol. The fraction of sp³-hybridized carbons (Fsp3) is 0.0870. The molecule has 0 radical (unpaired) electrons. The van der Waals surface area contributed by atoms with E-state index < -0.39 is 7.12 Å². The molecule has 100 heavy (non-hydrogen) atoms. The second-order valence-corrected chi connectivity index (χ2v) is 27.3. The Balaban J connectivity index is 0.000000137. The van der Waals surface area contributed by atoms with Gasteiger partial charge in [0, 0.05) is 82.3 Å². The van der Waals surface area contributed by atoms with Gasteiger partial charge in [-0.05, 0) is 201 Å². The lowest BCUT2D eigenvalue weighted by Gasteiger charge is -2.26. The van der Waals surface area contributed by atoms with Crippen molar-refractivity contribution in [3.63, 3.8) is 0 Å². The van der Waals surface area contributed by atoms with Gasteiger partial charge < -0.3 is 29.0 Å². The van der Waals surface area contributed by atoms with E-state index in [1.54, 1.807) is 12.1 Å². The van der Waals surface area contributed by atoms with Gasteiger partial charge in [-0.2, -0.15) is 0 Å². The van der Waals surface area contributed by atoms with Crippen molar-refractivity contribution in [3.05, 3.63) is 366 Å². The molecule has 0 saturated carbocycles. The molecule has 14 aromatic carbocycles. The van der Waals surface area contributed by atoms with Crippen molar-refractivity contribution < 1.29 is 10.0 Å². The van der Waals surface area contributed by atoms with E-state index in [1.165, 1.54) is 111 Å². The Morgan fingerprint density at radius 1 is 0.290 bits per heavy atom. The average molecular weight is 1360 g/mol. The normalized spacial score (nSPS) is 12.6. The van der Waals surface area contributed by atoms with E-state index in [-0.39, 0.29) is 25.7 Å². The van der Waals surface area contributed by atoms with Gasteiger partial charge in [0.25, 0.3) is 0 Å². The zero-order valence-electron chi connectivity index (χ0n) is 55.0. The van der Waals surface area contributed by atoms with Crippen LogP contribution in [0, 0.1) is 0 Å². The molecule has 2 heterocycles. The van der Waals surface area contributed by atoms with Crippen LogP contribution in [0.2, 0.25) is 0 Å². The number of fused-ring (bicyclic) bond motifs is 12. The highest BCUT2D eigenvalue weighted by atomic mass is 79.9. The van der Waals surface area contributed by atoms with Gasteiger partial charge in [-0.3, -0.25) is 0 Å². The smallest absolute Gasteiger partial charge is 0.423 e. The molecule has 0 spiro atoms. The van der Waals surface area contributed by atoms with Crippen molar-refractivity contribution >= 4 is 106 Å². The molecular weight excluding hydrogens is 1280 g/mol. The molecular formula is C92H78BBrN4O2. The first-order chi connectivity index (χ1) is 47.9. The highest BCUT2D eigenvalue weighted by Crippen LogP contribution is 2.53. The van der Waals surface area contributed by atoms with Crippen LogP contribution in [-0.2, 0) is 10.8 Å². The molecule has 0 bridgehead atoms. The third kappa shape index (κ3) is 11.8. The molecule has 0 unspecified atom stereocenters. The number of para-hydroxylation sites is 8. The first-order valence-corrected chi connectivity index (χ1v) is 34.3. The number of benzene rings is 14. The molecule has 0 amide bonds. The van der Waals surface area contributed by atoms with E-state index in [9.17, 15) is 10.0 Å². The summed E-state index contributed by atoms with van der Waals surface area (Å²) in [4.78, 5) is 4.40. The van der Waals surface area contributed by atoms with E-state index in [0.717, 1.165) is 38.6 Å². The second-order valence-electron chi connectivity index (χ2n) is 26.4. The second kappa shape index (κ2) is 27.2. The van der Waals surface area contributed by atoms with Gasteiger partial charge in [0.15, 0.2) is 0 Å². The Kier molecular flexibility index (Phi) is 18.0. The Bertz CT molecular complexity index is 5460. The maximum Gasteiger partial charge on any atom is 0.488 e. The standard InChI is InChI=1S/C45H34N2.C27H20BrN.C18H16BNO2.2CH4/c1-45(2)41-29-32(31-14-13-19-35(28-31)46(33-15-5-3-6-16-33)34-17-7-4-8-18-34)24-26-37(41)38-27-25-36(30-42(38)45)47-43-22-11-9-20-39(43)40-21-10-12-23-44(40)47;1-27(2)23-15-17(28)11-13-19(23)20-14-12-18(16-24(20)27)29-25-9-5-3-7-21(25)22-8-4-6-10-26(22)29;21-19(22)15-8-7-13-18(14-15)20(16-9-3-1-4-10-16)17-11-5-2-6-12-17;;/h3-30H,1-2H3;3-16H,1-2H3;1-14,21-22H;2*1H4. The summed E-state index contributed by atoms with van der Waals surface area (Å²) in [5, 5.41) is 24.0. The molecule has 6 nitrogen and oxygen atoms in total. The van der Waals surface area contributed by atoms with Crippen molar-refractivity contribution in [2.45, 2.75) is 53.4 Å². The van der Waals surface area contributed by atoms with Crippen LogP contribution < -0.4 is 15.3 Å². The lowest BCUT2D eigenvalue weighted by molar-refractivity contribution is 0.426. The lowest BCUT2D eigenvalue weighted by Crippen LogP contribution is -2.30. The maximum absolute atomic E-state index is 9.41. The highest BCUT2D eigenvalue weighted by Gasteiger charge is 2.38. The van der Waals surface area contributed by atoms with Crippen molar-refractivity contribution in [2.24, 2.45) is 0 Å². The van der Waals surface area contributed by atoms with Crippen LogP contribution in [0.4, 0.5) is 34.1 Å². The first-order valence-electron chi connectivity index (χ1n) is 33.5. The third-order valence-corrected chi connectivity index (χ3v) is 20.4. The summed E-state index contributed by atoms with van der Waals surface area (Å²) in [5.74, 6) is 0. The molecule has 0 aliphatic heterocycles. The zero-order chi connectivity index (χ0) is 66.7. The molecule has 488 valence electrons. The summed E-state index contributed by atoms with van der Waals surface area (Å²) in [6, 6.07) is 120. The minimum Gasteiger partial charge on any atom is -0.423 e. The predicted octanol–water partition coefficient (Wildman–Crippen LogP) is 24.2. The van der Waals surface area contributed by atoms with E-state index in [0.29, 0.717) is 5.46 Å². The monoisotopic (exact) mass is 1360 g/mol. The topological polar surface area (TPSA) is 56.8 Å². The maximum atomic E-state index is 9.41. The quantitative estimate of drug-likeness (QED) is 0.134. The molecule has 0 saturated heterocycles. The lowest BCUT2D eigenvalue weighted by atomic mass is 9.80. The molecule has 2 N–H and O–H groups in total. The number of hydrogen-bond donors (Lipinski definition) is 2. The fourth-order valence-electron chi connectivity index (χ4n) is 15.1. The van der Waals surface area contributed by atoms with Crippen LogP contribution in [0.5, 0.6) is 0 Å². The minimum atomic E-state index is -1.48. The first kappa shape index (κ1) is 66.0. The Labute approximate surface area is 595 Å². The minimum absolute atomic E-state index is 0. The largest absolute Gasteiger partial charge is 0.488 e. The Morgan fingerprint density at radius 2 is 0.600 bits per heavy atom. The third-order valence-electron chi connectivity index (χ3n) is 19.9. The number of aromatic nitrogens is 2. The Hall–Kier alpha value is -11.3. The van der Waals surface area contributed by atoms with Crippen molar-refractivity contribution in [1.29, 1.82) is 0 Å². The Morgan fingerprint density at radius 3 is 1.00 bits per heavy atom. The van der Waals surface area contributed by atoms with E-state index >= 15 is 0 Å². The molecule has 0 atom stereocenters. The molecule has 16 aromatic rings. The summed E-state index contributed by atoms with van der Waals surface area (Å²) in [7, 11) is -1.48. The van der Waals surface area contributed by atoms with Crippen molar-refractivity contribution in [1.82, 2.24) is 9.13 Å². The van der Waals surface area contributed by atoms with Crippen LogP contribution in [0.15, 0.2) is 344 Å². The SMILES string of the molecule is C.C.CC1(C)c2cc(-c3cccc(N(c4ccccc4)c4ccccc4)c3)ccc2-c2ccc(-n3c4ccccc4c4ccccc43)cc21.CC1(C)c2cc(Br)ccc2-c2ccc(-n3c4ccccc4c4ccccc43)cc21.OB(O)c1cccc(N(c2ccccc2)c2ccccc2)c1. The number of rotatable bonds is 10. The van der Waals surface area contributed by atoms with E-state index in [2.05, 4.69) is 317 Å². The van der Waals surface area contributed by atoms with Gasteiger partial charge in [-0.15, -0.1) is 0 Å². The van der Waals surface area contributed by atoms with E-state index in [4.69, 9.17) is 0 Å². The van der Waals surface area contributed by atoms with Crippen LogP contribution >= 0.6 is 15.9 Å². The average Bonchev–Trinajstić information content (AvgIpc) is 1.58. The van der Waals surface area contributed by atoms with Crippen molar-refractivity contribution in [2.75, 3.05) is 9.80 Å². The van der Waals surface area contributed by atoms with Gasteiger partial charge in [-0.25, -0.2) is 0 Å². The van der Waals surface area contributed by atoms with Crippen LogP contribution in [0.1, 0.15) is 64.8 Å². The zero-order valence-corrected chi connectivity index (χ0v) is 56.6. The van der Waals surface area contributed by atoms with Gasteiger partial charge in [0.05, 0.1) is 22.1 Å².